The second-order valence-electron chi connectivity index (χ2n) is 5.23. The molecule has 0 saturated heterocycles. The van der Waals surface area contributed by atoms with Crippen LogP contribution in [-0.2, 0) is 0 Å². The molecule has 0 aromatic heterocycles. The fourth-order valence-corrected chi connectivity index (χ4v) is 1.99. The molecule has 106 valence electrons. The summed E-state index contributed by atoms with van der Waals surface area (Å²) in [5.74, 6) is 1.04. The van der Waals surface area contributed by atoms with Gasteiger partial charge in [-0.05, 0) is 24.0 Å². The third kappa shape index (κ3) is 4.63. The largest absolute Gasteiger partial charge is 0.370 e. The highest BCUT2D eigenvalue weighted by atomic mass is 127. The Bertz CT molecular complexity index is 448. The molecule has 0 bridgehead atoms. The molecule has 5 heteroatoms. The van der Waals surface area contributed by atoms with Gasteiger partial charge in [-0.3, -0.25) is 4.99 Å². The van der Waals surface area contributed by atoms with Crippen LogP contribution in [-0.4, -0.2) is 18.5 Å². The number of nitrogens with zero attached hydrogens (tertiary/aromatic N) is 1. The Kier molecular flexibility index (Phi) is 6.03. The van der Waals surface area contributed by atoms with Gasteiger partial charge in [-0.15, -0.1) is 24.0 Å². The van der Waals surface area contributed by atoms with Crippen LogP contribution in [0.25, 0.3) is 0 Å². The van der Waals surface area contributed by atoms with Crippen molar-refractivity contribution >= 4 is 29.9 Å². The topological polar surface area (TPSA) is 50.4 Å². The second kappa shape index (κ2) is 7.07. The lowest BCUT2D eigenvalue weighted by molar-refractivity contribution is 0.608. The highest BCUT2D eigenvalue weighted by Gasteiger charge is 2.40. The minimum absolute atomic E-state index is 0. The predicted octanol–water partition coefficient (Wildman–Crippen LogP) is 2.86. The van der Waals surface area contributed by atoms with Gasteiger partial charge in [0.1, 0.15) is 5.82 Å². The fourth-order valence-electron chi connectivity index (χ4n) is 1.99. The van der Waals surface area contributed by atoms with E-state index in [1.807, 2.05) is 12.1 Å². The van der Waals surface area contributed by atoms with E-state index in [4.69, 9.17) is 5.73 Å². The molecule has 1 saturated carbocycles. The van der Waals surface area contributed by atoms with Crippen LogP contribution < -0.4 is 11.1 Å². The molecule has 1 aliphatic rings. The first-order valence-electron chi connectivity index (χ1n) is 6.38. The summed E-state index contributed by atoms with van der Waals surface area (Å²) < 4.78 is 13.6. The number of nitrogens with one attached hydrogen (secondary N) is 1. The minimum atomic E-state index is -0.135. The van der Waals surface area contributed by atoms with Gasteiger partial charge in [0, 0.05) is 18.5 Å². The van der Waals surface area contributed by atoms with E-state index < -0.39 is 0 Å². The number of hydrogen-bond acceptors (Lipinski definition) is 1. The van der Waals surface area contributed by atoms with E-state index in [1.165, 1.54) is 6.07 Å². The summed E-state index contributed by atoms with van der Waals surface area (Å²) >= 11 is 0. The van der Waals surface area contributed by atoms with Crippen molar-refractivity contribution in [3.63, 3.8) is 0 Å². The Labute approximate surface area is 130 Å². The van der Waals surface area contributed by atoms with E-state index in [1.54, 1.807) is 6.07 Å². The summed E-state index contributed by atoms with van der Waals surface area (Å²) in [7, 11) is 0. The van der Waals surface area contributed by atoms with Gasteiger partial charge in [-0.2, -0.15) is 0 Å². The van der Waals surface area contributed by atoms with Gasteiger partial charge in [0.2, 0.25) is 0 Å². The maximum atomic E-state index is 13.6. The second-order valence-corrected chi connectivity index (χ2v) is 5.23. The zero-order chi connectivity index (χ0) is 13.1. The van der Waals surface area contributed by atoms with Crippen molar-refractivity contribution in [2.24, 2.45) is 16.6 Å². The number of guanidine groups is 1. The van der Waals surface area contributed by atoms with Crippen molar-refractivity contribution in [3.8, 4) is 0 Å². The van der Waals surface area contributed by atoms with Crippen LogP contribution in [0, 0.1) is 11.7 Å². The molecule has 1 aromatic rings. The Morgan fingerprint density at radius 2 is 2.16 bits per heavy atom. The number of aliphatic imine (C=N–C) groups is 1. The molecule has 2 atom stereocenters. The molecule has 0 amide bonds. The van der Waals surface area contributed by atoms with Crippen LogP contribution in [0.3, 0.4) is 0 Å². The molecular formula is C14H21FIN3. The molecule has 0 spiro atoms. The van der Waals surface area contributed by atoms with Crippen LogP contribution in [0.4, 0.5) is 4.39 Å². The number of benzene rings is 1. The van der Waals surface area contributed by atoms with Gasteiger partial charge >= 0.3 is 0 Å². The van der Waals surface area contributed by atoms with Gasteiger partial charge in [-0.25, -0.2) is 4.39 Å². The smallest absolute Gasteiger partial charge is 0.188 e. The van der Waals surface area contributed by atoms with Gasteiger partial charge in [0.05, 0.1) is 0 Å². The van der Waals surface area contributed by atoms with Crippen molar-refractivity contribution in [1.29, 1.82) is 0 Å². The van der Waals surface area contributed by atoms with Gasteiger partial charge in [-0.1, -0.05) is 32.0 Å². The zero-order valence-corrected chi connectivity index (χ0v) is 13.6. The summed E-state index contributed by atoms with van der Waals surface area (Å²) in [6, 6.07) is 7.13. The Balaban J connectivity index is 0.00000180. The predicted molar refractivity (Wildman–Crippen MR) is 87.4 cm³/mol. The maximum absolute atomic E-state index is 13.6. The number of halogens is 2. The number of rotatable bonds is 4. The molecule has 19 heavy (non-hydrogen) atoms. The fraction of sp³-hybridized carbons (Fsp3) is 0.500. The average Bonchev–Trinajstić information content (AvgIpc) is 3.06. The monoisotopic (exact) mass is 377 g/mol. The van der Waals surface area contributed by atoms with Gasteiger partial charge in [0.25, 0.3) is 0 Å². The molecule has 2 unspecified atom stereocenters. The minimum Gasteiger partial charge on any atom is -0.370 e. The standard InChI is InChI=1S/C14H20FN3.HI/c1-9(2)8-17-14(16)18-13-7-11(13)10-5-3-4-6-12(10)15;/h3-6,9,11,13H,7-8H2,1-2H3,(H3,16,17,18);1H. The zero-order valence-electron chi connectivity index (χ0n) is 11.3. The summed E-state index contributed by atoms with van der Waals surface area (Å²) in [6.45, 7) is 4.90. The van der Waals surface area contributed by atoms with Crippen LogP contribution >= 0.6 is 24.0 Å². The van der Waals surface area contributed by atoms with Crippen molar-refractivity contribution < 1.29 is 4.39 Å². The van der Waals surface area contributed by atoms with E-state index in [0.29, 0.717) is 11.9 Å². The first kappa shape index (κ1) is 16.2. The Morgan fingerprint density at radius 1 is 1.47 bits per heavy atom. The summed E-state index contributed by atoms with van der Waals surface area (Å²) in [6.07, 6.45) is 0.916. The quantitative estimate of drug-likeness (QED) is 0.482. The summed E-state index contributed by atoms with van der Waals surface area (Å²) in [4.78, 5) is 4.24. The van der Waals surface area contributed by atoms with Gasteiger partial charge < -0.3 is 11.1 Å². The molecule has 2 rings (SSSR count). The maximum Gasteiger partial charge on any atom is 0.188 e. The summed E-state index contributed by atoms with van der Waals surface area (Å²) in [5.41, 5.74) is 6.56. The van der Waals surface area contributed by atoms with Crippen LogP contribution in [0.15, 0.2) is 29.3 Å². The Hall–Kier alpha value is -0.850. The van der Waals surface area contributed by atoms with E-state index in [0.717, 1.165) is 18.5 Å². The molecule has 0 heterocycles. The third-order valence-corrected chi connectivity index (χ3v) is 3.06. The number of hydrogen-bond donors (Lipinski definition) is 2. The first-order valence-corrected chi connectivity index (χ1v) is 6.38. The van der Waals surface area contributed by atoms with Crippen molar-refractivity contribution in [2.45, 2.75) is 32.2 Å². The van der Waals surface area contributed by atoms with Crippen LogP contribution in [0.1, 0.15) is 31.7 Å². The molecule has 1 fully saturated rings. The molecule has 0 radical (unpaired) electrons. The van der Waals surface area contributed by atoms with E-state index in [9.17, 15) is 4.39 Å². The molecule has 1 aliphatic carbocycles. The van der Waals surface area contributed by atoms with E-state index in [-0.39, 0.29) is 41.8 Å². The van der Waals surface area contributed by atoms with Crippen molar-refractivity contribution in [3.05, 3.63) is 35.6 Å². The lowest BCUT2D eigenvalue weighted by Gasteiger charge is -2.07. The van der Waals surface area contributed by atoms with Gasteiger partial charge in [0.15, 0.2) is 5.96 Å². The average molecular weight is 377 g/mol. The number of nitrogens with two attached hydrogens (primary N) is 1. The van der Waals surface area contributed by atoms with E-state index >= 15 is 0 Å². The van der Waals surface area contributed by atoms with E-state index in [2.05, 4.69) is 24.2 Å². The highest BCUT2D eigenvalue weighted by molar-refractivity contribution is 14.0. The van der Waals surface area contributed by atoms with Crippen molar-refractivity contribution in [2.75, 3.05) is 6.54 Å². The lowest BCUT2D eigenvalue weighted by Crippen LogP contribution is -2.34. The van der Waals surface area contributed by atoms with Crippen molar-refractivity contribution in [1.82, 2.24) is 5.32 Å². The van der Waals surface area contributed by atoms with Crippen LogP contribution in [0.5, 0.6) is 0 Å². The molecular weight excluding hydrogens is 356 g/mol. The lowest BCUT2D eigenvalue weighted by atomic mass is 10.1. The molecule has 0 aliphatic heterocycles. The molecule has 3 nitrogen and oxygen atoms in total. The normalized spacial score (nSPS) is 22.0. The van der Waals surface area contributed by atoms with Crippen LogP contribution in [0.2, 0.25) is 0 Å². The molecule has 1 aromatic carbocycles. The first-order chi connectivity index (χ1) is 8.58. The highest BCUT2D eigenvalue weighted by Crippen LogP contribution is 2.41. The molecule has 3 N–H and O–H groups in total. The third-order valence-electron chi connectivity index (χ3n) is 3.06. The SMILES string of the molecule is CC(C)CN=C(N)NC1CC1c1ccccc1F.I. The Morgan fingerprint density at radius 3 is 2.79 bits per heavy atom. The summed E-state index contributed by atoms with van der Waals surface area (Å²) in [5, 5.41) is 3.15.